The van der Waals surface area contributed by atoms with Gasteiger partial charge in [0.2, 0.25) is 0 Å². The first-order valence-corrected chi connectivity index (χ1v) is 8.93. The Morgan fingerprint density at radius 1 is 1.23 bits per heavy atom. The lowest BCUT2D eigenvalue weighted by Crippen LogP contribution is -2.40. The lowest BCUT2D eigenvalue weighted by Gasteiger charge is -2.16. The molecule has 2 rings (SSSR count). The molecule has 1 N–H and O–H groups in total. The third kappa shape index (κ3) is 5.39. The topological polar surface area (TPSA) is 73.9 Å². The second-order valence-electron chi connectivity index (χ2n) is 6.14. The molecular formula is C19H24ClNO5. The Labute approximate surface area is 158 Å². The molecule has 6 nitrogen and oxygen atoms in total. The van der Waals surface area contributed by atoms with E-state index < -0.39 is 12.1 Å². The van der Waals surface area contributed by atoms with E-state index >= 15 is 0 Å². The molecule has 0 heterocycles. The van der Waals surface area contributed by atoms with Crippen LogP contribution in [-0.4, -0.2) is 38.2 Å². The van der Waals surface area contributed by atoms with Crippen LogP contribution in [-0.2, 0) is 14.3 Å². The first kappa shape index (κ1) is 20.1. The zero-order chi connectivity index (χ0) is 19.1. The molecule has 0 saturated heterocycles. The number of carbonyl (C=O) groups excluding carboxylic acids is 2. The van der Waals surface area contributed by atoms with Crippen molar-refractivity contribution in [2.24, 2.45) is 0 Å². The maximum Gasteiger partial charge on any atom is 0.331 e. The molecule has 1 amide bonds. The molecule has 0 spiro atoms. The molecular weight excluding hydrogens is 358 g/mol. The number of benzene rings is 1. The van der Waals surface area contributed by atoms with Gasteiger partial charge in [0, 0.05) is 12.1 Å². The number of esters is 1. The van der Waals surface area contributed by atoms with Gasteiger partial charge in [-0.1, -0.05) is 24.4 Å². The summed E-state index contributed by atoms with van der Waals surface area (Å²) in [6.45, 7) is 1.56. The standard InChI is InChI=1S/C19H24ClNO5/c1-12(19(23)21-14-6-4-5-7-14)26-17(22)9-8-13-10-15(20)18(25-3)16(11-13)24-2/h8-12,14H,4-7H2,1-3H3,(H,21,23)/b9-8+/t12-/m0/s1. The predicted octanol–water partition coefficient (Wildman–Crippen LogP) is 3.36. The molecule has 142 valence electrons. The maximum absolute atomic E-state index is 12.0. The number of methoxy groups -OCH3 is 2. The van der Waals surface area contributed by atoms with Crippen molar-refractivity contribution in [3.63, 3.8) is 0 Å². The minimum atomic E-state index is -0.846. The zero-order valence-electron chi connectivity index (χ0n) is 15.2. The van der Waals surface area contributed by atoms with Crippen molar-refractivity contribution in [1.82, 2.24) is 5.32 Å². The van der Waals surface area contributed by atoms with Crippen molar-refractivity contribution >= 4 is 29.6 Å². The van der Waals surface area contributed by atoms with Gasteiger partial charge in [-0.3, -0.25) is 4.79 Å². The highest BCUT2D eigenvalue weighted by molar-refractivity contribution is 6.32. The Kier molecular flexibility index (Phi) is 7.33. The SMILES string of the molecule is COc1cc(/C=C/C(=O)O[C@@H](C)C(=O)NC2CCCC2)cc(Cl)c1OC. The van der Waals surface area contributed by atoms with Crippen LogP contribution < -0.4 is 14.8 Å². The number of amides is 1. The zero-order valence-corrected chi connectivity index (χ0v) is 16.0. The van der Waals surface area contributed by atoms with Gasteiger partial charge in [-0.05, 0) is 43.5 Å². The monoisotopic (exact) mass is 381 g/mol. The van der Waals surface area contributed by atoms with Crippen LogP contribution in [0.25, 0.3) is 6.08 Å². The van der Waals surface area contributed by atoms with Crippen molar-refractivity contribution in [2.45, 2.75) is 44.8 Å². The second-order valence-corrected chi connectivity index (χ2v) is 6.55. The minimum Gasteiger partial charge on any atom is -0.493 e. The van der Waals surface area contributed by atoms with Crippen LogP contribution in [0.15, 0.2) is 18.2 Å². The minimum absolute atomic E-state index is 0.188. The molecule has 1 aliphatic rings. The summed E-state index contributed by atoms with van der Waals surface area (Å²) in [4.78, 5) is 24.0. The highest BCUT2D eigenvalue weighted by Gasteiger charge is 2.22. The van der Waals surface area contributed by atoms with Crippen molar-refractivity contribution in [3.8, 4) is 11.5 Å². The molecule has 0 radical (unpaired) electrons. The normalized spacial score (nSPS) is 15.7. The summed E-state index contributed by atoms with van der Waals surface area (Å²) < 4.78 is 15.5. The summed E-state index contributed by atoms with van der Waals surface area (Å²) in [7, 11) is 3.00. The van der Waals surface area contributed by atoms with Crippen molar-refractivity contribution in [2.75, 3.05) is 14.2 Å². The van der Waals surface area contributed by atoms with Crippen molar-refractivity contribution in [3.05, 3.63) is 28.8 Å². The Hall–Kier alpha value is -2.21. The van der Waals surface area contributed by atoms with Crippen molar-refractivity contribution < 1.29 is 23.8 Å². The first-order chi connectivity index (χ1) is 12.4. The van der Waals surface area contributed by atoms with Crippen molar-refractivity contribution in [1.29, 1.82) is 0 Å². The maximum atomic E-state index is 12.0. The summed E-state index contributed by atoms with van der Waals surface area (Å²) in [6, 6.07) is 3.52. The van der Waals surface area contributed by atoms with Crippen LogP contribution in [0.4, 0.5) is 0 Å². The van der Waals surface area contributed by atoms with E-state index in [1.807, 2.05) is 0 Å². The molecule has 7 heteroatoms. The lowest BCUT2D eigenvalue weighted by atomic mass is 10.2. The first-order valence-electron chi connectivity index (χ1n) is 8.55. The molecule has 1 aromatic carbocycles. The van der Waals surface area contributed by atoms with Gasteiger partial charge in [0.05, 0.1) is 19.2 Å². The number of carbonyl (C=O) groups is 2. The smallest absolute Gasteiger partial charge is 0.331 e. The summed E-state index contributed by atoms with van der Waals surface area (Å²) in [5.74, 6) is 0.00113. The highest BCUT2D eigenvalue weighted by atomic mass is 35.5. The molecule has 26 heavy (non-hydrogen) atoms. The summed E-state index contributed by atoms with van der Waals surface area (Å²) in [6.07, 6.45) is 6.14. The number of halogens is 1. The summed E-state index contributed by atoms with van der Waals surface area (Å²) in [5.41, 5.74) is 0.646. The summed E-state index contributed by atoms with van der Waals surface area (Å²) >= 11 is 6.13. The largest absolute Gasteiger partial charge is 0.493 e. The van der Waals surface area contributed by atoms with E-state index in [0.29, 0.717) is 22.1 Å². The fourth-order valence-corrected chi connectivity index (χ4v) is 3.15. The summed E-state index contributed by atoms with van der Waals surface area (Å²) in [5, 5.41) is 3.27. The van der Waals surface area contributed by atoms with Gasteiger partial charge < -0.3 is 19.5 Å². The van der Waals surface area contributed by atoms with Gasteiger partial charge in [-0.15, -0.1) is 0 Å². The molecule has 1 atom stereocenters. The highest BCUT2D eigenvalue weighted by Crippen LogP contribution is 2.36. The lowest BCUT2D eigenvalue weighted by molar-refractivity contribution is -0.150. The fraction of sp³-hybridized carbons (Fsp3) is 0.474. The van der Waals surface area contributed by atoms with Gasteiger partial charge in [0.25, 0.3) is 5.91 Å². The van der Waals surface area contributed by atoms with Gasteiger partial charge in [-0.25, -0.2) is 4.79 Å². The van der Waals surface area contributed by atoms with E-state index in [9.17, 15) is 9.59 Å². The molecule has 1 aliphatic carbocycles. The van der Waals surface area contributed by atoms with Crippen LogP contribution in [0.2, 0.25) is 5.02 Å². The van der Waals surface area contributed by atoms with E-state index in [0.717, 1.165) is 25.7 Å². The van der Waals surface area contributed by atoms with E-state index in [-0.39, 0.29) is 11.9 Å². The van der Waals surface area contributed by atoms with Gasteiger partial charge in [0.1, 0.15) is 0 Å². The van der Waals surface area contributed by atoms with Crippen LogP contribution in [0.3, 0.4) is 0 Å². The van der Waals surface area contributed by atoms with E-state index in [1.54, 1.807) is 19.1 Å². The number of ether oxygens (including phenoxy) is 3. The Morgan fingerprint density at radius 2 is 1.92 bits per heavy atom. The quantitative estimate of drug-likeness (QED) is 0.579. The molecule has 1 aromatic rings. The second kappa shape index (κ2) is 9.48. The van der Waals surface area contributed by atoms with E-state index in [1.165, 1.54) is 26.4 Å². The average Bonchev–Trinajstić information content (AvgIpc) is 3.12. The molecule has 1 saturated carbocycles. The molecule has 0 bridgehead atoms. The van der Waals surface area contributed by atoms with Gasteiger partial charge in [-0.2, -0.15) is 0 Å². The Balaban J connectivity index is 1.94. The van der Waals surface area contributed by atoms with Crippen LogP contribution in [0.1, 0.15) is 38.2 Å². The van der Waals surface area contributed by atoms with Gasteiger partial charge >= 0.3 is 5.97 Å². The predicted molar refractivity (Wildman–Crippen MR) is 99.5 cm³/mol. The van der Waals surface area contributed by atoms with E-state index in [2.05, 4.69) is 5.32 Å². The molecule has 0 aliphatic heterocycles. The fourth-order valence-electron chi connectivity index (χ4n) is 2.85. The third-order valence-electron chi connectivity index (χ3n) is 4.23. The number of hydrogen-bond acceptors (Lipinski definition) is 5. The average molecular weight is 382 g/mol. The van der Waals surface area contributed by atoms with Crippen LogP contribution in [0, 0.1) is 0 Å². The van der Waals surface area contributed by atoms with Gasteiger partial charge in [0.15, 0.2) is 17.6 Å². The molecule has 1 fully saturated rings. The number of rotatable bonds is 7. The number of hydrogen-bond donors (Lipinski definition) is 1. The third-order valence-corrected chi connectivity index (χ3v) is 4.51. The van der Waals surface area contributed by atoms with E-state index in [4.69, 9.17) is 25.8 Å². The molecule has 0 aromatic heterocycles. The van der Waals surface area contributed by atoms with Crippen LogP contribution >= 0.6 is 11.6 Å². The van der Waals surface area contributed by atoms with Crippen LogP contribution in [0.5, 0.6) is 11.5 Å². The Morgan fingerprint density at radius 3 is 2.54 bits per heavy atom. The molecule has 0 unspecified atom stereocenters. The Bertz CT molecular complexity index is 683. The number of nitrogens with one attached hydrogen (secondary N) is 1.